The molecule has 112 valence electrons. The highest BCUT2D eigenvalue weighted by atomic mass is 19.1. The standard InChI is InChI=1S/C14H21FN2O3/c1-13(2,3)20-12(19)17-9-5-6-10(11(15)7-9)14(4,16)8-18/h5-7,18H,8,16H2,1-4H3,(H,17,19). The molecule has 0 saturated carbocycles. The fourth-order valence-corrected chi connectivity index (χ4v) is 1.56. The first-order valence-electron chi connectivity index (χ1n) is 6.25. The summed E-state index contributed by atoms with van der Waals surface area (Å²) in [6.45, 7) is 6.33. The van der Waals surface area contributed by atoms with Crippen molar-refractivity contribution in [3.63, 3.8) is 0 Å². The van der Waals surface area contributed by atoms with Gasteiger partial charge in [0.05, 0.1) is 12.1 Å². The maximum atomic E-state index is 13.9. The van der Waals surface area contributed by atoms with E-state index in [0.717, 1.165) is 6.07 Å². The smallest absolute Gasteiger partial charge is 0.412 e. The Morgan fingerprint density at radius 3 is 2.45 bits per heavy atom. The van der Waals surface area contributed by atoms with Crippen LogP contribution < -0.4 is 11.1 Å². The summed E-state index contributed by atoms with van der Waals surface area (Å²) in [6, 6.07) is 4.07. The van der Waals surface area contributed by atoms with Gasteiger partial charge >= 0.3 is 6.09 Å². The van der Waals surface area contributed by atoms with E-state index in [0.29, 0.717) is 0 Å². The third-order valence-corrected chi connectivity index (χ3v) is 2.56. The second-order valence-corrected chi connectivity index (χ2v) is 5.90. The van der Waals surface area contributed by atoms with Gasteiger partial charge in [-0.1, -0.05) is 6.07 Å². The lowest BCUT2D eigenvalue weighted by Gasteiger charge is -2.23. The zero-order valence-electron chi connectivity index (χ0n) is 12.2. The molecular weight excluding hydrogens is 263 g/mol. The van der Waals surface area contributed by atoms with Gasteiger partial charge in [0.1, 0.15) is 11.4 Å². The molecule has 0 heterocycles. The highest BCUT2D eigenvalue weighted by Crippen LogP contribution is 2.23. The lowest BCUT2D eigenvalue weighted by molar-refractivity contribution is 0.0636. The van der Waals surface area contributed by atoms with Gasteiger partial charge in [0, 0.05) is 11.3 Å². The van der Waals surface area contributed by atoms with E-state index in [9.17, 15) is 9.18 Å². The van der Waals surface area contributed by atoms with Crippen molar-refractivity contribution in [1.82, 2.24) is 0 Å². The number of carbonyl (C=O) groups excluding carboxylic acids is 1. The molecule has 5 nitrogen and oxygen atoms in total. The van der Waals surface area contributed by atoms with Crippen LogP contribution in [-0.4, -0.2) is 23.4 Å². The number of nitrogens with one attached hydrogen (secondary N) is 1. The summed E-state index contributed by atoms with van der Waals surface area (Å²) in [7, 11) is 0. The predicted octanol–water partition coefficient (Wildman–Crippen LogP) is 2.34. The summed E-state index contributed by atoms with van der Waals surface area (Å²) in [6.07, 6.45) is -0.665. The average Bonchev–Trinajstić information content (AvgIpc) is 2.25. The molecule has 1 atom stereocenters. The first-order chi connectivity index (χ1) is 9.05. The third-order valence-electron chi connectivity index (χ3n) is 2.56. The number of anilines is 1. The monoisotopic (exact) mass is 284 g/mol. The predicted molar refractivity (Wildman–Crippen MR) is 74.9 cm³/mol. The molecule has 1 aromatic carbocycles. The number of hydrogen-bond donors (Lipinski definition) is 3. The second kappa shape index (κ2) is 5.76. The van der Waals surface area contributed by atoms with Crippen molar-refractivity contribution in [2.24, 2.45) is 5.73 Å². The van der Waals surface area contributed by atoms with Crippen molar-refractivity contribution < 1.29 is 19.0 Å². The van der Waals surface area contributed by atoms with Crippen LogP contribution in [0.25, 0.3) is 0 Å². The molecule has 6 heteroatoms. The molecule has 0 aliphatic heterocycles. The number of rotatable bonds is 3. The molecule has 0 saturated heterocycles. The lowest BCUT2D eigenvalue weighted by Crippen LogP contribution is -2.37. The number of aliphatic hydroxyl groups is 1. The van der Waals surface area contributed by atoms with Gasteiger partial charge in [-0.25, -0.2) is 9.18 Å². The van der Waals surface area contributed by atoms with Crippen LogP contribution in [-0.2, 0) is 10.3 Å². The van der Waals surface area contributed by atoms with E-state index in [4.69, 9.17) is 15.6 Å². The number of hydrogen-bond acceptors (Lipinski definition) is 4. The molecule has 0 aliphatic rings. The molecule has 0 aromatic heterocycles. The largest absolute Gasteiger partial charge is 0.444 e. The Morgan fingerprint density at radius 2 is 2.00 bits per heavy atom. The van der Waals surface area contributed by atoms with Crippen molar-refractivity contribution in [2.45, 2.75) is 38.8 Å². The SMILES string of the molecule is CC(C)(C)OC(=O)Nc1ccc(C(C)(N)CO)c(F)c1. The summed E-state index contributed by atoms with van der Waals surface area (Å²) in [5.74, 6) is -0.599. The number of ether oxygens (including phenoxy) is 1. The van der Waals surface area contributed by atoms with Crippen LogP contribution in [0.4, 0.5) is 14.9 Å². The van der Waals surface area contributed by atoms with Gasteiger partial charge in [-0.05, 0) is 39.8 Å². The van der Waals surface area contributed by atoms with Crippen LogP contribution in [0.5, 0.6) is 0 Å². The van der Waals surface area contributed by atoms with E-state index in [1.54, 1.807) is 20.8 Å². The van der Waals surface area contributed by atoms with E-state index < -0.39 is 23.1 Å². The molecular formula is C14H21FN2O3. The van der Waals surface area contributed by atoms with E-state index in [-0.39, 0.29) is 17.9 Å². The second-order valence-electron chi connectivity index (χ2n) is 5.90. The summed E-state index contributed by atoms with van der Waals surface area (Å²) >= 11 is 0. The van der Waals surface area contributed by atoms with Crippen molar-refractivity contribution in [3.8, 4) is 0 Å². The van der Waals surface area contributed by atoms with Crippen LogP contribution in [0.3, 0.4) is 0 Å². The van der Waals surface area contributed by atoms with E-state index >= 15 is 0 Å². The van der Waals surface area contributed by atoms with Gasteiger partial charge in [-0.3, -0.25) is 5.32 Å². The number of amides is 1. The Morgan fingerprint density at radius 1 is 1.40 bits per heavy atom. The number of halogens is 1. The van der Waals surface area contributed by atoms with Gasteiger partial charge in [0.25, 0.3) is 0 Å². The molecule has 20 heavy (non-hydrogen) atoms. The fourth-order valence-electron chi connectivity index (χ4n) is 1.56. The number of nitrogens with two attached hydrogens (primary N) is 1. The Kier molecular flexibility index (Phi) is 4.73. The Balaban J connectivity index is 2.86. The van der Waals surface area contributed by atoms with Gasteiger partial charge < -0.3 is 15.6 Å². The molecule has 1 unspecified atom stereocenters. The van der Waals surface area contributed by atoms with Crippen LogP contribution in [0.15, 0.2) is 18.2 Å². The van der Waals surface area contributed by atoms with Crippen LogP contribution in [0.1, 0.15) is 33.3 Å². The van der Waals surface area contributed by atoms with Crippen LogP contribution >= 0.6 is 0 Å². The summed E-state index contributed by atoms with van der Waals surface area (Å²) in [4.78, 5) is 11.6. The van der Waals surface area contributed by atoms with Crippen molar-refractivity contribution in [2.75, 3.05) is 11.9 Å². The normalized spacial score (nSPS) is 14.6. The van der Waals surface area contributed by atoms with Gasteiger partial charge in [-0.2, -0.15) is 0 Å². The highest BCUT2D eigenvalue weighted by molar-refractivity contribution is 5.84. The molecule has 0 fully saturated rings. The van der Waals surface area contributed by atoms with Crippen LogP contribution in [0.2, 0.25) is 0 Å². The van der Waals surface area contributed by atoms with Crippen molar-refractivity contribution in [3.05, 3.63) is 29.6 Å². The minimum atomic E-state index is -1.17. The highest BCUT2D eigenvalue weighted by Gasteiger charge is 2.24. The zero-order chi connectivity index (χ0) is 15.6. The van der Waals surface area contributed by atoms with Gasteiger partial charge in [0.15, 0.2) is 0 Å². The molecule has 0 spiro atoms. The first kappa shape index (κ1) is 16.4. The van der Waals surface area contributed by atoms with Gasteiger partial charge in [0.2, 0.25) is 0 Å². The Labute approximate surface area is 117 Å². The quantitative estimate of drug-likeness (QED) is 0.795. The maximum absolute atomic E-state index is 13.9. The number of benzene rings is 1. The summed E-state index contributed by atoms with van der Waals surface area (Å²) in [5.41, 5.74) is 4.40. The maximum Gasteiger partial charge on any atom is 0.412 e. The van der Waals surface area contributed by atoms with E-state index in [2.05, 4.69) is 5.32 Å². The Bertz CT molecular complexity index is 496. The number of carbonyl (C=O) groups is 1. The number of aliphatic hydroxyl groups excluding tert-OH is 1. The summed E-state index contributed by atoms with van der Waals surface area (Å²) in [5, 5.41) is 11.6. The van der Waals surface area contributed by atoms with E-state index in [1.807, 2.05) is 0 Å². The van der Waals surface area contributed by atoms with Crippen molar-refractivity contribution >= 4 is 11.8 Å². The van der Waals surface area contributed by atoms with Gasteiger partial charge in [-0.15, -0.1) is 0 Å². The fraction of sp³-hybridized carbons (Fsp3) is 0.500. The molecule has 0 aliphatic carbocycles. The molecule has 4 N–H and O–H groups in total. The van der Waals surface area contributed by atoms with Crippen molar-refractivity contribution in [1.29, 1.82) is 0 Å². The topological polar surface area (TPSA) is 84.6 Å². The molecule has 0 radical (unpaired) electrons. The summed E-state index contributed by atoms with van der Waals surface area (Å²) < 4.78 is 19.0. The molecule has 1 aromatic rings. The third kappa shape index (κ3) is 4.47. The zero-order valence-corrected chi connectivity index (χ0v) is 12.2. The van der Waals surface area contributed by atoms with E-state index in [1.165, 1.54) is 19.1 Å². The molecule has 1 amide bonds. The first-order valence-corrected chi connectivity index (χ1v) is 6.25. The minimum absolute atomic E-state index is 0.176. The molecule has 0 bridgehead atoms. The lowest BCUT2D eigenvalue weighted by atomic mass is 9.93. The molecule has 1 rings (SSSR count). The average molecular weight is 284 g/mol. The minimum Gasteiger partial charge on any atom is -0.444 e. The van der Waals surface area contributed by atoms with Crippen LogP contribution in [0, 0.1) is 5.82 Å². The Hall–Kier alpha value is -1.66.